The van der Waals surface area contributed by atoms with Crippen molar-refractivity contribution in [3.05, 3.63) is 114 Å². The Morgan fingerprint density at radius 3 is 2.30 bits per heavy atom. The Balaban J connectivity index is 1.49. The quantitative estimate of drug-likeness (QED) is 0.228. The second-order valence-electron chi connectivity index (χ2n) is 8.04. The lowest BCUT2D eigenvalue weighted by atomic mass is 10.1. The molecule has 0 aliphatic heterocycles. The normalized spacial score (nSPS) is 11.3. The number of amides is 2. The highest BCUT2D eigenvalue weighted by Gasteiger charge is 2.23. The van der Waals surface area contributed by atoms with Crippen LogP contribution in [0.2, 0.25) is 0 Å². The Kier molecular flexibility index (Phi) is 8.84. The Morgan fingerprint density at radius 1 is 0.838 bits per heavy atom. The molecular weight excluding hydrogens is 484 g/mol. The molecule has 0 bridgehead atoms. The average molecular weight is 513 g/mol. The lowest BCUT2D eigenvalue weighted by Crippen LogP contribution is -2.19. The van der Waals surface area contributed by atoms with Crippen LogP contribution in [-0.4, -0.2) is 25.5 Å². The van der Waals surface area contributed by atoms with E-state index >= 15 is 0 Å². The SMILES string of the molecule is CCOc1ccccc1NC(=O)C(Sc1ccc(NC(=O)c2cccc(OC)c2)cc1)c1ccccc1. The van der Waals surface area contributed by atoms with Crippen LogP contribution in [0.15, 0.2) is 108 Å². The molecule has 37 heavy (non-hydrogen) atoms. The van der Waals surface area contributed by atoms with E-state index in [0.717, 1.165) is 10.5 Å². The number of carbonyl (C=O) groups is 2. The molecule has 188 valence electrons. The number of para-hydroxylation sites is 2. The van der Waals surface area contributed by atoms with Gasteiger partial charge in [-0.3, -0.25) is 9.59 Å². The fraction of sp³-hybridized carbons (Fsp3) is 0.133. The number of carbonyl (C=O) groups excluding carboxylic acids is 2. The first-order valence-corrected chi connectivity index (χ1v) is 12.7. The van der Waals surface area contributed by atoms with Gasteiger partial charge in [0.1, 0.15) is 16.7 Å². The fourth-order valence-corrected chi connectivity index (χ4v) is 4.70. The van der Waals surface area contributed by atoms with Crippen molar-refractivity contribution in [1.82, 2.24) is 0 Å². The van der Waals surface area contributed by atoms with Crippen molar-refractivity contribution in [2.45, 2.75) is 17.1 Å². The molecule has 6 nitrogen and oxygen atoms in total. The number of thioether (sulfide) groups is 1. The van der Waals surface area contributed by atoms with Gasteiger partial charge in [0.25, 0.3) is 5.91 Å². The number of anilines is 2. The van der Waals surface area contributed by atoms with Gasteiger partial charge in [-0.05, 0) is 67.1 Å². The van der Waals surface area contributed by atoms with Crippen LogP contribution in [0.1, 0.15) is 28.1 Å². The number of benzene rings is 4. The van der Waals surface area contributed by atoms with Crippen molar-refractivity contribution in [1.29, 1.82) is 0 Å². The molecule has 4 aromatic carbocycles. The highest BCUT2D eigenvalue weighted by molar-refractivity contribution is 8.00. The molecule has 0 radical (unpaired) electrons. The number of nitrogens with one attached hydrogen (secondary N) is 2. The van der Waals surface area contributed by atoms with Crippen molar-refractivity contribution in [3.8, 4) is 11.5 Å². The fourth-order valence-electron chi connectivity index (χ4n) is 3.67. The van der Waals surface area contributed by atoms with E-state index in [-0.39, 0.29) is 11.8 Å². The summed E-state index contributed by atoms with van der Waals surface area (Å²) in [5, 5.41) is 5.43. The first-order valence-electron chi connectivity index (χ1n) is 11.9. The molecule has 0 aliphatic carbocycles. The smallest absolute Gasteiger partial charge is 0.255 e. The van der Waals surface area contributed by atoms with Crippen molar-refractivity contribution in [2.24, 2.45) is 0 Å². The molecule has 0 heterocycles. The zero-order valence-electron chi connectivity index (χ0n) is 20.6. The topological polar surface area (TPSA) is 76.7 Å². The molecule has 1 unspecified atom stereocenters. The van der Waals surface area contributed by atoms with Gasteiger partial charge in [-0.2, -0.15) is 0 Å². The van der Waals surface area contributed by atoms with Gasteiger partial charge in [0.05, 0.1) is 19.4 Å². The van der Waals surface area contributed by atoms with Crippen molar-refractivity contribution < 1.29 is 19.1 Å². The van der Waals surface area contributed by atoms with Crippen LogP contribution in [0.3, 0.4) is 0 Å². The van der Waals surface area contributed by atoms with Gasteiger partial charge in [0, 0.05) is 16.1 Å². The van der Waals surface area contributed by atoms with E-state index < -0.39 is 5.25 Å². The maximum absolute atomic E-state index is 13.4. The Hall–Kier alpha value is -4.23. The summed E-state index contributed by atoms with van der Waals surface area (Å²) in [7, 11) is 1.56. The first kappa shape index (κ1) is 25.9. The number of ether oxygens (including phenoxy) is 2. The predicted molar refractivity (Wildman–Crippen MR) is 149 cm³/mol. The van der Waals surface area contributed by atoms with Gasteiger partial charge >= 0.3 is 0 Å². The van der Waals surface area contributed by atoms with Crippen LogP contribution in [0.4, 0.5) is 11.4 Å². The molecule has 0 saturated heterocycles. The minimum Gasteiger partial charge on any atom is -0.497 e. The maximum atomic E-state index is 13.4. The molecule has 4 rings (SSSR count). The molecule has 0 aliphatic rings. The van der Waals surface area contributed by atoms with Crippen molar-refractivity contribution in [3.63, 3.8) is 0 Å². The minimum absolute atomic E-state index is 0.154. The third-order valence-corrected chi connectivity index (χ3v) is 6.75. The summed E-state index contributed by atoms with van der Waals surface area (Å²) >= 11 is 1.44. The van der Waals surface area contributed by atoms with Gasteiger partial charge in [-0.15, -0.1) is 11.8 Å². The Labute approximate surface area is 221 Å². The summed E-state index contributed by atoms with van der Waals surface area (Å²) in [5.41, 5.74) is 2.68. The van der Waals surface area contributed by atoms with Gasteiger partial charge in [0.2, 0.25) is 5.91 Å². The van der Waals surface area contributed by atoms with E-state index in [0.29, 0.717) is 35.0 Å². The lowest BCUT2D eigenvalue weighted by molar-refractivity contribution is -0.115. The number of rotatable bonds is 10. The molecule has 0 spiro atoms. The van der Waals surface area contributed by atoms with Crippen LogP contribution in [0.25, 0.3) is 0 Å². The summed E-state index contributed by atoms with van der Waals surface area (Å²) in [6.07, 6.45) is 0. The summed E-state index contributed by atoms with van der Waals surface area (Å²) < 4.78 is 10.9. The average Bonchev–Trinajstić information content (AvgIpc) is 2.94. The molecule has 7 heteroatoms. The van der Waals surface area contributed by atoms with E-state index in [1.54, 1.807) is 31.4 Å². The molecular formula is C30H28N2O4S. The number of hydrogen-bond donors (Lipinski definition) is 2. The van der Waals surface area contributed by atoms with E-state index in [4.69, 9.17) is 9.47 Å². The summed E-state index contributed by atoms with van der Waals surface area (Å²) in [4.78, 5) is 27.0. The monoisotopic (exact) mass is 512 g/mol. The standard InChI is InChI=1S/C30H28N2O4S/c1-3-36-27-15-8-7-14-26(27)32-30(34)28(21-10-5-4-6-11-21)37-25-18-16-23(17-19-25)31-29(33)22-12-9-13-24(20-22)35-2/h4-20,28H,3H2,1-2H3,(H,31,33)(H,32,34). The summed E-state index contributed by atoms with van der Waals surface area (Å²) in [5.74, 6) is 0.868. The van der Waals surface area contributed by atoms with E-state index in [9.17, 15) is 9.59 Å². The minimum atomic E-state index is -0.492. The third kappa shape index (κ3) is 6.92. The van der Waals surface area contributed by atoms with E-state index in [1.807, 2.05) is 85.8 Å². The number of hydrogen-bond acceptors (Lipinski definition) is 5. The third-order valence-electron chi connectivity index (χ3n) is 5.48. The van der Waals surface area contributed by atoms with Crippen LogP contribution in [0, 0.1) is 0 Å². The van der Waals surface area contributed by atoms with Crippen molar-refractivity contribution in [2.75, 3.05) is 24.4 Å². The highest BCUT2D eigenvalue weighted by Crippen LogP contribution is 2.37. The van der Waals surface area contributed by atoms with Gasteiger partial charge in [0.15, 0.2) is 0 Å². The van der Waals surface area contributed by atoms with Gasteiger partial charge in [-0.25, -0.2) is 0 Å². The molecule has 0 aromatic heterocycles. The van der Waals surface area contributed by atoms with Crippen LogP contribution < -0.4 is 20.1 Å². The Bertz CT molecular complexity index is 1340. The molecule has 0 fully saturated rings. The van der Waals surface area contributed by atoms with Crippen LogP contribution in [0.5, 0.6) is 11.5 Å². The van der Waals surface area contributed by atoms with E-state index in [1.165, 1.54) is 11.8 Å². The maximum Gasteiger partial charge on any atom is 0.255 e. The number of methoxy groups -OCH3 is 1. The second-order valence-corrected chi connectivity index (χ2v) is 9.22. The van der Waals surface area contributed by atoms with Crippen molar-refractivity contribution >= 4 is 35.0 Å². The molecule has 2 N–H and O–H groups in total. The van der Waals surface area contributed by atoms with Gasteiger partial charge < -0.3 is 20.1 Å². The van der Waals surface area contributed by atoms with E-state index in [2.05, 4.69) is 10.6 Å². The molecule has 2 amide bonds. The summed E-state index contributed by atoms with van der Waals surface area (Å²) in [6, 6.07) is 31.5. The Morgan fingerprint density at radius 2 is 1.57 bits per heavy atom. The molecule has 1 atom stereocenters. The highest BCUT2D eigenvalue weighted by atomic mass is 32.2. The zero-order chi connectivity index (χ0) is 26.0. The lowest BCUT2D eigenvalue weighted by Gasteiger charge is -2.19. The largest absolute Gasteiger partial charge is 0.497 e. The van der Waals surface area contributed by atoms with Crippen LogP contribution in [-0.2, 0) is 4.79 Å². The first-order chi connectivity index (χ1) is 18.1. The van der Waals surface area contributed by atoms with Crippen LogP contribution >= 0.6 is 11.8 Å². The zero-order valence-corrected chi connectivity index (χ0v) is 21.5. The summed E-state index contributed by atoms with van der Waals surface area (Å²) in [6.45, 7) is 2.41. The molecule has 0 saturated carbocycles. The predicted octanol–water partition coefficient (Wildman–Crippen LogP) is 6.82. The molecule has 4 aromatic rings. The van der Waals surface area contributed by atoms with Gasteiger partial charge in [-0.1, -0.05) is 48.5 Å². The second kappa shape index (κ2) is 12.6.